The van der Waals surface area contributed by atoms with Gasteiger partial charge in [-0.05, 0) is 55.8 Å². The maximum absolute atomic E-state index is 12.9. The summed E-state index contributed by atoms with van der Waals surface area (Å²) >= 11 is 0. The van der Waals surface area contributed by atoms with Crippen LogP contribution in [0.5, 0.6) is 5.75 Å². The normalized spacial score (nSPS) is 17.1. The molecule has 1 fully saturated rings. The maximum atomic E-state index is 12.9. The van der Waals surface area contributed by atoms with Gasteiger partial charge in [-0.3, -0.25) is 14.3 Å². The number of benzene rings is 2. The predicted molar refractivity (Wildman–Crippen MR) is 121 cm³/mol. The number of aromatic nitrogens is 2. The van der Waals surface area contributed by atoms with E-state index >= 15 is 0 Å². The molecule has 0 unspecified atom stereocenters. The van der Waals surface area contributed by atoms with Crippen molar-refractivity contribution in [1.82, 2.24) is 9.78 Å². The molecule has 4 rings (SSSR count). The van der Waals surface area contributed by atoms with E-state index < -0.39 is 15.7 Å². The Morgan fingerprint density at radius 1 is 1.12 bits per heavy atom. The van der Waals surface area contributed by atoms with Crippen LogP contribution in [0.1, 0.15) is 40.2 Å². The first-order valence-electron chi connectivity index (χ1n) is 10.1. The zero-order chi connectivity index (χ0) is 22.9. The molecule has 1 amide bonds. The first kappa shape index (κ1) is 21.8. The van der Waals surface area contributed by atoms with Gasteiger partial charge in [0.05, 0.1) is 30.4 Å². The monoisotopic (exact) mass is 453 g/mol. The van der Waals surface area contributed by atoms with Crippen molar-refractivity contribution in [2.75, 3.05) is 23.9 Å². The van der Waals surface area contributed by atoms with Gasteiger partial charge in [0, 0.05) is 16.8 Å². The fourth-order valence-electron chi connectivity index (χ4n) is 3.74. The molecule has 0 saturated carbocycles. The second-order valence-corrected chi connectivity index (χ2v) is 9.96. The molecular formula is C23H23N3O5S. The summed E-state index contributed by atoms with van der Waals surface area (Å²) in [6.07, 6.45) is 0.439. The van der Waals surface area contributed by atoms with E-state index in [0.29, 0.717) is 29.1 Å². The van der Waals surface area contributed by atoms with E-state index in [1.165, 1.54) is 6.92 Å². The Hall–Kier alpha value is -3.46. The number of nitrogens with one attached hydrogen (secondary N) is 1. The van der Waals surface area contributed by atoms with Gasteiger partial charge in [-0.1, -0.05) is 12.1 Å². The minimum Gasteiger partial charge on any atom is -0.497 e. The number of carbonyl (C=O) groups excluding carboxylic acids is 2. The number of anilines is 1. The highest BCUT2D eigenvalue weighted by Crippen LogP contribution is 2.31. The second kappa shape index (κ2) is 8.58. The summed E-state index contributed by atoms with van der Waals surface area (Å²) in [5, 5.41) is 7.24. The van der Waals surface area contributed by atoms with Gasteiger partial charge in [0.1, 0.15) is 5.75 Å². The van der Waals surface area contributed by atoms with Gasteiger partial charge in [-0.2, -0.15) is 5.10 Å². The zero-order valence-electron chi connectivity index (χ0n) is 17.7. The number of sulfone groups is 1. The standard InChI is InChI=1S/C23H23N3O5S/c1-15(27)17-4-3-5-18(12-17)24-23(28)21-13-22(16-6-8-20(31-2)9-7-16)26(25-21)19-10-11-32(29,30)14-19/h3-9,12-13,19H,10-11,14H2,1-2H3,(H,24,28)/t19-/m1/s1. The van der Waals surface area contributed by atoms with Crippen molar-refractivity contribution < 1.29 is 22.7 Å². The number of rotatable bonds is 6. The van der Waals surface area contributed by atoms with Gasteiger partial charge in [-0.25, -0.2) is 8.42 Å². The van der Waals surface area contributed by atoms with Gasteiger partial charge in [0.15, 0.2) is 21.3 Å². The van der Waals surface area contributed by atoms with Crippen LogP contribution in [-0.4, -0.2) is 48.5 Å². The third-order valence-electron chi connectivity index (χ3n) is 5.44. The van der Waals surface area contributed by atoms with Gasteiger partial charge >= 0.3 is 0 Å². The van der Waals surface area contributed by atoms with Crippen LogP contribution in [0.3, 0.4) is 0 Å². The highest BCUT2D eigenvalue weighted by Gasteiger charge is 2.32. The fourth-order valence-corrected chi connectivity index (χ4v) is 5.43. The third-order valence-corrected chi connectivity index (χ3v) is 7.19. The van der Waals surface area contributed by atoms with Crippen molar-refractivity contribution in [3.05, 3.63) is 65.9 Å². The zero-order valence-corrected chi connectivity index (χ0v) is 18.6. The number of nitrogens with zero attached hydrogens (tertiary/aromatic N) is 2. The lowest BCUT2D eigenvalue weighted by molar-refractivity contribution is 0.100. The average Bonchev–Trinajstić information content (AvgIpc) is 3.37. The molecule has 2 aromatic carbocycles. The molecule has 1 N–H and O–H groups in total. The van der Waals surface area contributed by atoms with Crippen LogP contribution in [-0.2, 0) is 9.84 Å². The van der Waals surface area contributed by atoms with Crippen LogP contribution in [0.25, 0.3) is 11.3 Å². The van der Waals surface area contributed by atoms with Crippen LogP contribution >= 0.6 is 0 Å². The van der Waals surface area contributed by atoms with Gasteiger partial charge in [-0.15, -0.1) is 0 Å². The molecule has 0 spiro atoms. The Bertz CT molecular complexity index is 1280. The quantitative estimate of drug-likeness (QED) is 0.574. The Balaban J connectivity index is 1.68. The molecule has 0 bridgehead atoms. The molecule has 1 saturated heterocycles. The molecule has 1 aliphatic heterocycles. The summed E-state index contributed by atoms with van der Waals surface area (Å²) in [5.41, 5.74) is 2.57. The summed E-state index contributed by atoms with van der Waals surface area (Å²) in [6.45, 7) is 1.46. The van der Waals surface area contributed by atoms with Crippen LogP contribution < -0.4 is 10.1 Å². The average molecular weight is 454 g/mol. The Morgan fingerprint density at radius 3 is 2.50 bits per heavy atom. The SMILES string of the molecule is COc1ccc(-c2cc(C(=O)Nc3cccc(C(C)=O)c3)nn2[C@@H]2CCS(=O)(=O)C2)cc1. The molecule has 9 heteroatoms. The molecule has 0 radical (unpaired) electrons. The topological polar surface area (TPSA) is 107 Å². The highest BCUT2D eigenvalue weighted by molar-refractivity contribution is 7.91. The largest absolute Gasteiger partial charge is 0.497 e. The lowest BCUT2D eigenvalue weighted by Gasteiger charge is -2.13. The smallest absolute Gasteiger partial charge is 0.276 e. The number of Topliss-reactive ketones (excluding diaryl/α,β-unsaturated/α-hetero) is 1. The molecule has 2 heterocycles. The minimum absolute atomic E-state index is 0.0143. The third kappa shape index (κ3) is 4.57. The summed E-state index contributed by atoms with van der Waals surface area (Å²) in [4.78, 5) is 24.5. The first-order valence-corrected chi connectivity index (χ1v) is 11.9. The van der Waals surface area contributed by atoms with Crippen molar-refractivity contribution in [3.63, 3.8) is 0 Å². The number of hydrogen-bond donors (Lipinski definition) is 1. The molecular weight excluding hydrogens is 430 g/mol. The summed E-state index contributed by atoms with van der Waals surface area (Å²) in [5.74, 6) is 0.222. The van der Waals surface area contributed by atoms with Crippen molar-refractivity contribution in [3.8, 4) is 17.0 Å². The summed E-state index contributed by atoms with van der Waals surface area (Å²) < 4.78 is 30.9. The van der Waals surface area contributed by atoms with E-state index in [9.17, 15) is 18.0 Å². The predicted octanol–water partition coefficient (Wildman–Crippen LogP) is 3.37. The molecule has 3 aromatic rings. The molecule has 1 atom stereocenters. The van der Waals surface area contributed by atoms with Crippen LogP contribution in [0, 0.1) is 0 Å². The van der Waals surface area contributed by atoms with E-state index in [4.69, 9.17) is 4.74 Å². The molecule has 8 nitrogen and oxygen atoms in total. The minimum atomic E-state index is -3.14. The van der Waals surface area contributed by atoms with Crippen molar-refractivity contribution >= 4 is 27.2 Å². The second-order valence-electron chi connectivity index (χ2n) is 7.74. The number of carbonyl (C=O) groups is 2. The number of hydrogen-bond acceptors (Lipinski definition) is 6. The van der Waals surface area contributed by atoms with Crippen molar-refractivity contribution in [1.29, 1.82) is 0 Å². The lowest BCUT2D eigenvalue weighted by atomic mass is 10.1. The molecule has 0 aliphatic carbocycles. The van der Waals surface area contributed by atoms with E-state index in [-0.39, 0.29) is 29.0 Å². The Labute approximate surface area is 186 Å². The van der Waals surface area contributed by atoms with E-state index in [1.54, 1.807) is 54.3 Å². The van der Waals surface area contributed by atoms with E-state index in [2.05, 4.69) is 10.4 Å². The summed E-state index contributed by atoms with van der Waals surface area (Å²) in [6, 6.07) is 15.2. The fraction of sp³-hybridized carbons (Fsp3) is 0.261. The number of ketones is 1. The highest BCUT2D eigenvalue weighted by atomic mass is 32.2. The lowest BCUT2D eigenvalue weighted by Crippen LogP contribution is -2.16. The first-order chi connectivity index (χ1) is 15.3. The van der Waals surface area contributed by atoms with Gasteiger partial charge < -0.3 is 10.1 Å². The van der Waals surface area contributed by atoms with Crippen LogP contribution in [0.4, 0.5) is 5.69 Å². The van der Waals surface area contributed by atoms with Gasteiger partial charge in [0.25, 0.3) is 5.91 Å². The maximum Gasteiger partial charge on any atom is 0.276 e. The van der Waals surface area contributed by atoms with Gasteiger partial charge in [0.2, 0.25) is 0 Å². The number of amides is 1. The Morgan fingerprint density at radius 2 is 1.88 bits per heavy atom. The van der Waals surface area contributed by atoms with E-state index in [0.717, 1.165) is 5.56 Å². The Kier molecular flexibility index (Phi) is 5.84. The molecule has 1 aromatic heterocycles. The number of methoxy groups -OCH3 is 1. The van der Waals surface area contributed by atoms with Crippen LogP contribution in [0.15, 0.2) is 54.6 Å². The molecule has 32 heavy (non-hydrogen) atoms. The molecule has 166 valence electrons. The van der Waals surface area contributed by atoms with Crippen molar-refractivity contribution in [2.24, 2.45) is 0 Å². The number of ether oxygens (including phenoxy) is 1. The van der Waals surface area contributed by atoms with Crippen LogP contribution in [0.2, 0.25) is 0 Å². The molecule has 1 aliphatic rings. The summed E-state index contributed by atoms with van der Waals surface area (Å²) in [7, 11) is -1.56. The van der Waals surface area contributed by atoms with E-state index in [1.807, 2.05) is 12.1 Å². The van der Waals surface area contributed by atoms with Crippen molar-refractivity contribution in [2.45, 2.75) is 19.4 Å².